The van der Waals surface area contributed by atoms with E-state index in [-0.39, 0.29) is 11.9 Å². The standard InChI is InChI=1S/C17H19BrFNO/c1-4-21-16-8-6-12(18)10-14(16)17(20-3)13-7-5-11(2)9-15(13)19/h5-10,17,20H,4H2,1-3H3. The molecule has 2 aromatic carbocycles. The lowest BCUT2D eigenvalue weighted by Crippen LogP contribution is -2.20. The van der Waals surface area contributed by atoms with Crippen molar-refractivity contribution < 1.29 is 9.13 Å². The molecule has 112 valence electrons. The van der Waals surface area contributed by atoms with E-state index in [1.54, 1.807) is 6.07 Å². The summed E-state index contributed by atoms with van der Waals surface area (Å²) in [5.74, 6) is 0.553. The predicted octanol–water partition coefficient (Wildman–Crippen LogP) is 4.60. The highest BCUT2D eigenvalue weighted by Gasteiger charge is 2.20. The van der Waals surface area contributed by atoms with Gasteiger partial charge in [-0.1, -0.05) is 28.1 Å². The van der Waals surface area contributed by atoms with Crippen molar-refractivity contribution >= 4 is 15.9 Å². The highest BCUT2D eigenvalue weighted by molar-refractivity contribution is 9.10. The summed E-state index contributed by atoms with van der Waals surface area (Å²) >= 11 is 3.47. The van der Waals surface area contributed by atoms with Gasteiger partial charge < -0.3 is 10.1 Å². The van der Waals surface area contributed by atoms with E-state index in [0.29, 0.717) is 12.2 Å². The number of rotatable bonds is 5. The molecule has 21 heavy (non-hydrogen) atoms. The van der Waals surface area contributed by atoms with Crippen molar-refractivity contribution in [2.45, 2.75) is 19.9 Å². The van der Waals surface area contributed by atoms with Crippen LogP contribution in [0.3, 0.4) is 0 Å². The largest absolute Gasteiger partial charge is 0.494 e. The van der Waals surface area contributed by atoms with E-state index < -0.39 is 0 Å². The molecule has 0 aromatic heterocycles. The Balaban J connectivity index is 2.52. The number of nitrogens with one attached hydrogen (secondary N) is 1. The van der Waals surface area contributed by atoms with Crippen molar-refractivity contribution in [2.75, 3.05) is 13.7 Å². The first-order valence-electron chi connectivity index (χ1n) is 6.92. The van der Waals surface area contributed by atoms with Crippen LogP contribution in [0.25, 0.3) is 0 Å². The maximum atomic E-state index is 14.3. The first-order chi connectivity index (χ1) is 10.1. The van der Waals surface area contributed by atoms with Crippen LogP contribution < -0.4 is 10.1 Å². The Hall–Kier alpha value is -1.39. The van der Waals surface area contributed by atoms with Gasteiger partial charge in [0.05, 0.1) is 12.6 Å². The van der Waals surface area contributed by atoms with Crippen LogP contribution in [-0.2, 0) is 0 Å². The van der Waals surface area contributed by atoms with Crippen LogP contribution in [0.4, 0.5) is 4.39 Å². The molecule has 1 atom stereocenters. The fraction of sp³-hybridized carbons (Fsp3) is 0.294. The van der Waals surface area contributed by atoms with E-state index in [9.17, 15) is 4.39 Å². The van der Waals surface area contributed by atoms with Gasteiger partial charge >= 0.3 is 0 Å². The fourth-order valence-corrected chi connectivity index (χ4v) is 2.76. The Bertz CT molecular complexity index is 630. The monoisotopic (exact) mass is 351 g/mol. The van der Waals surface area contributed by atoms with Crippen molar-refractivity contribution in [1.82, 2.24) is 5.32 Å². The van der Waals surface area contributed by atoms with Gasteiger partial charge in [-0.05, 0) is 50.7 Å². The van der Waals surface area contributed by atoms with E-state index in [4.69, 9.17) is 4.74 Å². The van der Waals surface area contributed by atoms with E-state index in [1.807, 2.05) is 51.2 Å². The second kappa shape index (κ2) is 7.05. The zero-order valence-electron chi connectivity index (χ0n) is 12.4. The molecule has 0 bridgehead atoms. The second-order valence-electron chi connectivity index (χ2n) is 4.86. The Morgan fingerprint density at radius 1 is 1.19 bits per heavy atom. The Morgan fingerprint density at radius 3 is 2.57 bits per heavy atom. The molecule has 0 aliphatic heterocycles. The Kier molecular flexibility index (Phi) is 5.37. The molecular formula is C17H19BrFNO. The average Bonchev–Trinajstić information content (AvgIpc) is 2.45. The summed E-state index contributed by atoms with van der Waals surface area (Å²) < 4.78 is 20.9. The van der Waals surface area contributed by atoms with Crippen molar-refractivity contribution in [3.8, 4) is 5.75 Å². The molecule has 1 unspecified atom stereocenters. The third-order valence-electron chi connectivity index (χ3n) is 3.34. The topological polar surface area (TPSA) is 21.3 Å². The molecule has 0 spiro atoms. The normalized spacial score (nSPS) is 12.2. The molecule has 0 saturated heterocycles. The summed E-state index contributed by atoms with van der Waals surface area (Å²) in [6.07, 6.45) is 0. The zero-order chi connectivity index (χ0) is 15.4. The molecule has 2 nitrogen and oxygen atoms in total. The summed E-state index contributed by atoms with van der Waals surface area (Å²) in [5.41, 5.74) is 2.43. The molecule has 2 aromatic rings. The summed E-state index contributed by atoms with van der Waals surface area (Å²) in [4.78, 5) is 0. The van der Waals surface area contributed by atoms with Crippen molar-refractivity contribution in [3.63, 3.8) is 0 Å². The van der Waals surface area contributed by atoms with Crippen molar-refractivity contribution in [2.24, 2.45) is 0 Å². The number of halogens is 2. The van der Waals surface area contributed by atoms with Gasteiger partial charge in [0.25, 0.3) is 0 Å². The molecule has 0 aliphatic carbocycles. The van der Waals surface area contributed by atoms with Gasteiger partial charge in [0, 0.05) is 15.6 Å². The highest BCUT2D eigenvalue weighted by atomic mass is 79.9. The van der Waals surface area contributed by atoms with Crippen LogP contribution in [0.15, 0.2) is 40.9 Å². The number of aryl methyl sites for hydroxylation is 1. The SMILES string of the molecule is CCOc1ccc(Br)cc1C(NC)c1ccc(C)cc1F. The van der Waals surface area contributed by atoms with Crippen LogP contribution in [0.1, 0.15) is 29.7 Å². The van der Waals surface area contributed by atoms with Gasteiger partial charge in [-0.25, -0.2) is 4.39 Å². The minimum atomic E-state index is -0.260. The highest BCUT2D eigenvalue weighted by Crippen LogP contribution is 2.33. The van der Waals surface area contributed by atoms with Gasteiger partial charge in [0.2, 0.25) is 0 Å². The first kappa shape index (κ1) is 16.0. The quantitative estimate of drug-likeness (QED) is 0.849. The Morgan fingerprint density at radius 2 is 1.95 bits per heavy atom. The number of hydrogen-bond acceptors (Lipinski definition) is 2. The molecular weight excluding hydrogens is 333 g/mol. The van der Waals surface area contributed by atoms with E-state index in [2.05, 4.69) is 21.2 Å². The van der Waals surface area contributed by atoms with Crippen LogP contribution in [0, 0.1) is 12.7 Å². The number of ether oxygens (including phenoxy) is 1. The molecule has 0 radical (unpaired) electrons. The van der Waals surface area contributed by atoms with Gasteiger partial charge in [-0.2, -0.15) is 0 Å². The molecule has 2 rings (SSSR count). The second-order valence-corrected chi connectivity index (χ2v) is 5.78. The average molecular weight is 352 g/mol. The van der Waals surface area contributed by atoms with Crippen LogP contribution in [0.2, 0.25) is 0 Å². The molecule has 0 fully saturated rings. The lowest BCUT2D eigenvalue weighted by molar-refractivity contribution is 0.333. The number of benzene rings is 2. The van der Waals surface area contributed by atoms with E-state index in [0.717, 1.165) is 21.3 Å². The fourth-order valence-electron chi connectivity index (χ4n) is 2.38. The molecule has 0 amide bonds. The zero-order valence-corrected chi connectivity index (χ0v) is 14.0. The number of hydrogen-bond donors (Lipinski definition) is 1. The van der Waals surface area contributed by atoms with Gasteiger partial charge in [-0.15, -0.1) is 0 Å². The predicted molar refractivity (Wildman–Crippen MR) is 87.4 cm³/mol. The maximum Gasteiger partial charge on any atom is 0.128 e. The van der Waals surface area contributed by atoms with Gasteiger partial charge in [0.1, 0.15) is 11.6 Å². The molecule has 0 saturated carbocycles. The smallest absolute Gasteiger partial charge is 0.128 e. The van der Waals surface area contributed by atoms with Crippen LogP contribution in [0.5, 0.6) is 5.75 Å². The Labute approximate surface area is 133 Å². The molecule has 0 heterocycles. The summed E-state index contributed by atoms with van der Waals surface area (Å²) in [6, 6.07) is 10.8. The van der Waals surface area contributed by atoms with Gasteiger partial charge in [-0.3, -0.25) is 0 Å². The van der Waals surface area contributed by atoms with Crippen LogP contribution in [-0.4, -0.2) is 13.7 Å². The van der Waals surface area contributed by atoms with Crippen molar-refractivity contribution in [3.05, 3.63) is 63.4 Å². The van der Waals surface area contributed by atoms with Crippen molar-refractivity contribution in [1.29, 1.82) is 0 Å². The first-order valence-corrected chi connectivity index (χ1v) is 7.71. The third kappa shape index (κ3) is 3.63. The maximum absolute atomic E-state index is 14.3. The lowest BCUT2D eigenvalue weighted by Gasteiger charge is -2.21. The summed E-state index contributed by atoms with van der Waals surface area (Å²) in [7, 11) is 1.82. The third-order valence-corrected chi connectivity index (χ3v) is 3.83. The van der Waals surface area contributed by atoms with E-state index >= 15 is 0 Å². The van der Waals surface area contributed by atoms with E-state index in [1.165, 1.54) is 0 Å². The molecule has 4 heteroatoms. The minimum Gasteiger partial charge on any atom is -0.494 e. The molecule has 1 N–H and O–H groups in total. The summed E-state index contributed by atoms with van der Waals surface area (Å²) in [6.45, 7) is 4.39. The summed E-state index contributed by atoms with van der Waals surface area (Å²) in [5, 5.41) is 3.18. The minimum absolute atomic E-state index is 0.211. The lowest BCUT2D eigenvalue weighted by atomic mass is 9.96. The van der Waals surface area contributed by atoms with Gasteiger partial charge in [0.15, 0.2) is 0 Å². The molecule has 0 aliphatic rings. The van der Waals surface area contributed by atoms with Crippen LogP contribution >= 0.6 is 15.9 Å².